The number of anilines is 2. The molecule has 5 rings (SSSR count). The standard InChI is InChI=1S/C33H50N2O/c1-21(2)7-6-8-22(3)27-12-13-28-26-11-9-23-19-25(36-31-14-10-24(34)20-30(31)35)15-17-32(23,4)29(26)16-18-33(27,28)5/h7,9-11,14,20,22-23,25-29H,6,8,12-13,15-19,34-35H2,1-5H3. The lowest BCUT2D eigenvalue weighted by molar-refractivity contribution is -0.0781. The molecule has 9 unspecified atom stereocenters. The summed E-state index contributed by atoms with van der Waals surface area (Å²) in [5, 5.41) is 0. The zero-order valence-electron chi connectivity index (χ0n) is 23.4. The Morgan fingerprint density at radius 3 is 2.53 bits per heavy atom. The maximum Gasteiger partial charge on any atom is 0.142 e. The van der Waals surface area contributed by atoms with Crippen LogP contribution in [-0.4, -0.2) is 6.10 Å². The van der Waals surface area contributed by atoms with Gasteiger partial charge in [0.2, 0.25) is 0 Å². The molecule has 3 nitrogen and oxygen atoms in total. The van der Waals surface area contributed by atoms with Crippen LogP contribution in [0.25, 0.3) is 0 Å². The van der Waals surface area contributed by atoms with Gasteiger partial charge in [0.1, 0.15) is 5.75 Å². The maximum absolute atomic E-state index is 6.43. The third-order valence-corrected chi connectivity index (χ3v) is 11.4. The van der Waals surface area contributed by atoms with E-state index in [4.69, 9.17) is 16.2 Å². The van der Waals surface area contributed by atoms with Crippen LogP contribution in [0.1, 0.15) is 92.4 Å². The number of hydrogen-bond donors (Lipinski definition) is 2. The zero-order valence-corrected chi connectivity index (χ0v) is 23.4. The van der Waals surface area contributed by atoms with Crippen molar-refractivity contribution >= 4 is 11.4 Å². The van der Waals surface area contributed by atoms with Crippen molar-refractivity contribution in [3.05, 3.63) is 42.0 Å². The number of ether oxygens (including phenoxy) is 1. The molecule has 0 spiro atoms. The molecule has 4 N–H and O–H groups in total. The lowest BCUT2D eigenvalue weighted by atomic mass is 9.46. The van der Waals surface area contributed by atoms with E-state index in [1.165, 1.54) is 50.5 Å². The predicted molar refractivity (Wildman–Crippen MR) is 153 cm³/mol. The number of allylic oxidation sites excluding steroid dienone is 4. The van der Waals surface area contributed by atoms with E-state index < -0.39 is 0 Å². The second-order valence-corrected chi connectivity index (χ2v) is 13.7. The third-order valence-electron chi connectivity index (χ3n) is 11.4. The summed E-state index contributed by atoms with van der Waals surface area (Å²) in [7, 11) is 0. The lowest BCUT2D eigenvalue weighted by Crippen LogP contribution is -2.52. The van der Waals surface area contributed by atoms with Crippen molar-refractivity contribution in [2.24, 2.45) is 46.3 Å². The van der Waals surface area contributed by atoms with E-state index in [2.05, 4.69) is 52.8 Å². The third kappa shape index (κ3) is 4.50. The van der Waals surface area contributed by atoms with Crippen molar-refractivity contribution in [2.75, 3.05) is 11.5 Å². The van der Waals surface area contributed by atoms with Gasteiger partial charge >= 0.3 is 0 Å². The molecule has 0 bridgehead atoms. The summed E-state index contributed by atoms with van der Waals surface area (Å²) >= 11 is 0. The Hall–Kier alpha value is -1.90. The smallest absolute Gasteiger partial charge is 0.142 e. The first-order valence-corrected chi connectivity index (χ1v) is 14.7. The van der Waals surface area contributed by atoms with Crippen molar-refractivity contribution in [3.8, 4) is 5.75 Å². The molecule has 9 atom stereocenters. The van der Waals surface area contributed by atoms with Crippen LogP contribution in [0.15, 0.2) is 42.0 Å². The van der Waals surface area contributed by atoms with Gasteiger partial charge in [-0.3, -0.25) is 0 Å². The van der Waals surface area contributed by atoms with Gasteiger partial charge in [-0.15, -0.1) is 0 Å². The summed E-state index contributed by atoms with van der Waals surface area (Å²) in [6.07, 6.45) is 19.7. The van der Waals surface area contributed by atoms with E-state index in [1.54, 1.807) is 0 Å². The SMILES string of the molecule is CC(C)=CCCC(C)C1CCC2C3C=CC4CC(Oc5ccc(N)cc5N)CCC4(C)C3CCC12C. The van der Waals surface area contributed by atoms with Gasteiger partial charge in [-0.25, -0.2) is 0 Å². The molecule has 0 heterocycles. The van der Waals surface area contributed by atoms with E-state index in [1.807, 2.05) is 18.2 Å². The first kappa shape index (κ1) is 25.7. The second kappa shape index (κ2) is 9.76. The van der Waals surface area contributed by atoms with Crippen LogP contribution in [0, 0.1) is 46.3 Å². The molecule has 0 amide bonds. The number of rotatable bonds is 6. The van der Waals surface area contributed by atoms with Gasteiger partial charge in [-0.1, -0.05) is 44.6 Å². The number of fused-ring (bicyclic) bond motifs is 5. The molecule has 1 aromatic rings. The summed E-state index contributed by atoms with van der Waals surface area (Å²) in [5.74, 6) is 5.58. The normalized spacial score (nSPS) is 40.0. The van der Waals surface area contributed by atoms with Gasteiger partial charge in [0.25, 0.3) is 0 Å². The van der Waals surface area contributed by atoms with Crippen molar-refractivity contribution in [2.45, 2.75) is 98.5 Å². The van der Waals surface area contributed by atoms with E-state index in [9.17, 15) is 0 Å². The van der Waals surface area contributed by atoms with Gasteiger partial charge in [0.15, 0.2) is 0 Å². The lowest BCUT2D eigenvalue weighted by Gasteiger charge is -2.59. The molecule has 36 heavy (non-hydrogen) atoms. The molecule has 198 valence electrons. The summed E-state index contributed by atoms with van der Waals surface area (Å²) in [6, 6.07) is 5.63. The van der Waals surface area contributed by atoms with Crippen LogP contribution < -0.4 is 16.2 Å². The van der Waals surface area contributed by atoms with Crippen molar-refractivity contribution in [1.29, 1.82) is 0 Å². The average Bonchev–Trinajstić information content (AvgIpc) is 3.18. The van der Waals surface area contributed by atoms with E-state index in [-0.39, 0.29) is 6.10 Å². The average molecular weight is 491 g/mol. The number of nitrogen functional groups attached to an aromatic ring is 2. The highest BCUT2D eigenvalue weighted by atomic mass is 16.5. The number of nitrogens with two attached hydrogens (primary N) is 2. The molecule has 4 aliphatic carbocycles. The maximum atomic E-state index is 6.43. The van der Waals surface area contributed by atoms with Crippen LogP contribution >= 0.6 is 0 Å². The minimum atomic E-state index is 0.238. The Bertz CT molecular complexity index is 1010. The Balaban J connectivity index is 1.28. The quantitative estimate of drug-likeness (QED) is 0.311. The highest BCUT2D eigenvalue weighted by Crippen LogP contribution is 2.67. The molecule has 1 aromatic carbocycles. The van der Waals surface area contributed by atoms with Crippen LogP contribution in [0.5, 0.6) is 5.75 Å². The second-order valence-electron chi connectivity index (χ2n) is 13.7. The topological polar surface area (TPSA) is 61.3 Å². The van der Waals surface area contributed by atoms with Gasteiger partial charge in [-0.2, -0.15) is 0 Å². The Morgan fingerprint density at radius 2 is 1.78 bits per heavy atom. The predicted octanol–water partition coefficient (Wildman–Crippen LogP) is 8.42. The van der Waals surface area contributed by atoms with Gasteiger partial charge in [0, 0.05) is 5.69 Å². The summed E-state index contributed by atoms with van der Waals surface area (Å²) < 4.78 is 6.43. The number of benzene rings is 1. The van der Waals surface area contributed by atoms with Gasteiger partial charge in [-0.05, 0) is 136 Å². The molecule has 3 saturated carbocycles. The molecular formula is C33H50N2O. The zero-order chi connectivity index (χ0) is 25.7. The van der Waals surface area contributed by atoms with Gasteiger partial charge in [0.05, 0.1) is 11.8 Å². The number of hydrogen-bond acceptors (Lipinski definition) is 3. The summed E-state index contributed by atoms with van der Waals surface area (Å²) in [6.45, 7) is 12.3. The molecule has 4 aliphatic rings. The van der Waals surface area contributed by atoms with Crippen LogP contribution in [0.3, 0.4) is 0 Å². The fourth-order valence-electron chi connectivity index (χ4n) is 9.35. The largest absolute Gasteiger partial charge is 0.488 e. The molecule has 0 radical (unpaired) electrons. The first-order valence-electron chi connectivity index (χ1n) is 14.7. The molecule has 3 fully saturated rings. The highest BCUT2D eigenvalue weighted by molar-refractivity contribution is 5.60. The van der Waals surface area contributed by atoms with Crippen LogP contribution in [0.4, 0.5) is 11.4 Å². The van der Waals surface area contributed by atoms with Crippen molar-refractivity contribution in [1.82, 2.24) is 0 Å². The Labute approximate surface area is 220 Å². The summed E-state index contributed by atoms with van der Waals surface area (Å²) in [5.41, 5.74) is 15.8. The Kier molecular flexibility index (Phi) is 6.98. The van der Waals surface area contributed by atoms with E-state index in [0.717, 1.165) is 48.2 Å². The van der Waals surface area contributed by atoms with Gasteiger partial charge < -0.3 is 16.2 Å². The minimum Gasteiger partial charge on any atom is -0.488 e. The van der Waals surface area contributed by atoms with Crippen LogP contribution in [-0.2, 0) is 0 Å². The van der Waals surface area contributed by atoms with E-state index in [0.29, 0.717) is 28.1 Å². The highest BCUT2D eigenvalue weighted by Gasteiger charge is 2.59. The summed E-state index contributed by atoms with van der Waals surface area (Å²) in [4.78, 5) is 0. The monoisotopic (exact) mass is 490 g/mol. The fraction of sp³-hybridized carbons (Fsp3) is 0.697. The fourth-order valence-corrected chi connectivity index (χ4v) is 9.35. The van der Waals surface area contributed by atoms with Crippen molar-refractivity contribution in [3.63, 3.8) is 0 Å². The molecule has 0 aliphatic heterocycles. The molecule has 3 heteroatoms. The van der Waals surface area contributed by atoms with Crippen LogP contribution in [0.2, 0.25) is 0 Å². The Morgan fingerprint density at radius 1 is 1.03 bits per heavy atom. The minimum absolute atomic E-state index is 0.238. The molecule has 0 aromatic heterocycles. The molecular weight excluding hydrogens is 440 g/mol. The first-order chi connectivity index (χ1) is 17.1. The van der Waals surface area contributed by atoms with Crippen molar-refractivity contribution < 1.29 is 4.74 Å². The van der Waals surface area contributed by atoms with E-state index >= 15 is 0 Å². The molecule has 0 saturated heterocycles.